The number of rotatable bonds is 3. The third kappa shape index (κ3) is 2.96. The molecule has 0 saturated carbocycles. The number of aromatic amines is 1. The fourth-order valence-electron chi connectivity index (χ4n) is 2.87. The minimum Gasteiger partial charge on any atom is -0.508 e. The normalized spacial score (nSPS) is 16.6. The summed E-state index contributed by atoms with van der Waals surface area (Å²) in [5.74, 6) is 0.594. The van der Waals surface area contributed by atoms with Crippen molar-refractivity contribution in [3.8, 4) is 5.75 Å². The third-order valence-corrected chi connectivity index (χ3v) is 4.10. The van der Waals surface area contributed by atoms with Gasteiger partial charge in [-0.1, -0.05) is 6.07 Å². The quantitative estimate of drug-likeness (QED) is 0.907. The summed E-state index contributed by atoms with van der Waals surface area (Å²) in [5.41, 5.74) is 0.474. The van der Waals surface area contributed by atoms with Crippen LogP contribution < -0.4 is 4.90 Å². The molecule has 2 heterocycles. The molecular formula is C16H20N4O2. The largest absolute Gasteiger partial charge is 0.508 e. The molecular weight excluding hydrogens is 280 g/mol. The number of anilines is 1. The standard InChI is InChI=1S/C16H20N4O2/c1-19-9-6-13(7-10-19)20(15-5-8-17-18-15)16(22)12-3-2-4-14(21)11-12/h2-5,8,11,13,21H,6-7,9-10H2,1H3,(H,17,18). The number of phenols is 1. The Labute approximate surface area is 129 Å². The maximum Gasteiger partial charge on any atom is 0.259 e. The highest BCUT2D eigenvalue weighted by molar-refractivity contribution is 6.06. The number of hydrogen-bond donors (Lipinski definition) is 2. The van der Waals surface area contributed by atoms with Crippen LogP contribution in [0, 0.1) is 0 Å². The molecule has 1 saturated heterocycles. The third-order valence-electron chi connectivity index (χ3n) is 4.10. The predicted molar refractivity (Wildman–Crippen MR) is 84.0 cm³/mol. The van der Waals surface area contributed by atoms with Crippen molar-refractivity contribution in [3.63, 3.8) is 0 Å². The van der Waals surface area contributed by atoms with Crippen molar-refractivity contribution < 1.29 is 9.90 Å². The number of likely N-dealkylation sites (tertiary alicyclic amines) is 1. The monoisotopic (exact) mass is 300 g/mol. The number of nitrogens with one attached hydrogen (secondary N) is 1. The van der Waals surface area contributed by atoms with E-state index in [-0.39, 0.29) is 17.7 Å². The van der Waals surface area contributed by atoms with E-state index in [4.69, 9.17) is 0 Å². The lowest BCUT2D eigenvalue weighted by atomic mass is 10.0. The Balaban J connectivity index is 1.90. The fraction of sp³-hybridized carbons (Fsp3) is 0.375. The Bertz CT molecular complexity index is 633. The second kappa shape index (κ2) is 6.19. The van der Waals surface area contributed by atoms with E-state index in [2.05, 4.69) is 22.1 Å². The average Bonchev–Trinajstić information content (AvgIpc) is 3.03. The summed E-state index contributed by atoms with van der Waals surface area (Å²) in [6.45, 7) is 1.91. The number of phenolic OH excluding ortho intramolecular Hbond substituents is 1. The maximum absolute atomic E-state index is 12.9. The second-order valence-corrected chi connectivity index (χ2v) is 5.69. The first-order valence-electron chi connectivity index (χ1n) is 7.46. The van der Waals surface area contributed by atoms with E-state index in [1.165, 1.54) is 6.07 Å². The summed E-state index contributed by atoms with van der Waals surface area (Å²) < 4.78 is 0. The molecule has 3 rings (SSSR count). The number of piperidine rings is 1. The van der Waals surface area contributed by atoms with Crippen molar-refractivity contribution in [1.29, 1.82) is 0 Å². The molecule has 2 N–H and O–H groups in total. The highest BCUT2D eigenvalue weighted by Gasteiger charge is 2.30. The van der Waals surface area contributed by atoms with Crippen LogP contribution in [0.25, 0.3) is 0 Å². The summed E-state index contributed by atoms with van der Waals surface area (Å²) in [7, 11) is 2.09. The van der Waals surface area contributed by atoms with Gasteiger partial charge in [0.15, 0.2) is 5.82 Å². The van der Waals surface area contributed by atoms with Crippen molar-refractivity contribution in [2.24, 2.45) is 0 Å². The first-order chi connectivity index (χ1) is 10.6. The zero-order valence-electron chi connectivity index (χ0n) is 12.6. The number of nitrogens with zero attached hydrogens (tertiary/aromatic N) is 3. The molecule has 0 atom stereocenters. The molecule has 1 aliphatic heterocycles. The average molecular weight is 300 g/mol. The van der Waals surface area contributed by atoms with Crippen LogP contribution in [0.2, 0.25) is 0 Å². The minimum atomic E-state index is -0.127. The second-order valence-electron chi connectivity index (χ2n) is 5.69. The number of carbonyl (C=O) groups is 1. The van der Waals surface area contributed by atoms with Crippen LogP contribution in [-0.4, -0.2) is 52.3 Å². The molecule has 22 heavy (non-hydrogen) atoms. The van der Waals surface area contributed by atoms with Crippen LogP contribution in [-0.2, 0) is 0 Å². The molecule has 6 heteroatoms. The van der Waals surface area contributed by atoms with Crippen molar-refractivity contribution in [3.05, 3.63) is 42.1 Å². The van der Waals surface area contributed by atoms with Gasteiger partial charge in [-0.25, -0.2) is 0 Å². The van der Waals surface area contributed by atoms with E-state index in [0.29, 0.717) is 11.4 Å². The van der Waals surface area contributed by atoms with Gasteiger partial charge in [0.05, 0.1) is 0 Å². The highest BCUT2D eigenvalue weighted by atomic mass is 16.3. The van der Waals surface area contributed by atoms with Gasteiger partial charge < -0.3 is 10.0 Å². The molecule has 1 fully saturated rings. The molecule has 0 bridgehead atoms. The van der Waals surface area contributed by atoms with Gasteiger partial charge >= 0.3 is 0 Å². The van der Waals surface area contributed by atoms with Gasteiger partial charge in [-0.15, -0.1) is 0 Å². The van der Waals surface area contributed by atoms with E-state index in [1.54, 1.807) is 35.4 Å². The van der Waals surface area contributed by atoms with Crippen LogP contribution in [0.5, 0.6) is 5.75 Å². The summed E-state index contributed by atoms with van der Waals surface area (Å²) >= 11 is 0. The van der Waals surface area contributed by atoms with Gasteiger partial charge in [-0.3, -0.25) is 14.8 Å². The van der Waals surface area contributed by atoms with Crippen molar-refractivity contribution in [1.82, 2.24) is 15.1 Å². The van der Waals surface area contributed by atoms with Gasteiger partial charge in [-0.05, 0) is 51.2 Å². The van der Waals surface area contributed by atoms with Gasteiger partial charge in [-0.2, -0.15) is 5.10 Å². The van der Waals surface area contributed by atoms with Gasteiger partial charge in [0, 0.05) is 23.9 Å². The number of amides is 1. The Kier molecular flexibility index (Phi) is 4.11. The molecule has 0 spiro atoms. The maximum atomic E-state index is 12.9. The van der Waals surface area contributed by atoms with E-state index in [1.807, 2.05) is 0 Å². The predicted octanol–water partition coefficient (Wildman–Crippen LogP) is 1.86. The first-order valence-corrected chi connectivity index (χ1v) is 7.46. The zero-order chi connectivity index (χ0) is 15.5. The molecule has 2 aromatic rings. The Morgan fingerprint density at radius 2 is 2.14 bits per heavy atom. The molecule has 1 aromatic carbocycles. The van der Waals surface area contributed by atoms with Crippen LogP contribution in [0.3, 0.4) is 0 Å². The summed E-state index contributed by atoms with van der Waals surface area (Å²) in [5, 5.41) is 16.6. The lowest BCUT2D eigenvalue weighted by molar-refractivity contribution is 0.0962. The van der Waals surface area contributed by atoms with E-state index in [9.17, 15) is 9.90 Å². The van der Waals surface area contributed by atoms with Crippen LogP contribution in [0.4, 0.5) is 5.82 Å². The van der Waals surface area contributed by atoms with E-state index < -0.39 is 0 Å². The number of benzene rings is 1. The molecule has 1 aliphatic rings. The zero-order valence-corrected chi connectivity index (χ0v) is 12.6. The smallest absolute Gasteiger partial charge is 0.259 e. The summed E-state index contributed by atoms with van der Waals surface area (Å²) in [6.07, 6.45) is 3.54. The molecule has 116 valence electrons. The van der Waals surface area contributed by atoms with E-state index in [0.717, 1.165) is 25.9 Å². The lowest BCUT2D eigenvalue weighted by Gasteiger charge is -2.36. The SMILES string of the molecule is CN1CCC(N(C(=O)c2cccc(O)c2)c2cc[nH]n2)CC1. The first kappa shape index (κ1) is 14.6. The number of H-pyrrole nitrogens is 1. The fourth-order valence-corrected chi connectivity index (χ4v) is 2.87. The van der Waals surface area contributed by atoms with Gasteiger partial charge in [0.1, 0.15) is 5.75 Å². The Morgan fingerprint density at radius 3 is 2.77 bits per heavy atom. The Morgan fingerprint density at radius 1 is 1.36 bits per heavy atom. The van der Waals surface area contributed by atoms with Crippen molar-refractivity contribution >= 4 is 11.7 Å². The molecule has 1 aromatic heterocycles. The molecule has 0 aliphatic carbocycles. The number of hydrogen-bond acceptors (Lipinski definition) is 4. The van der Waals surface area contributed by atoms with Gasteiger partial charge in [0.25, 0.3) is 5.91 Å². The van der Waals surface area contributed by atoms with Crippen LogP contribution in [0.1, 0.15) is 23.2 Å². The van der Waals surface area contributed by atoms with E-state index >= 15 is 0 Å². The van der Waals surface area contributed by atoms with Crippen molar-refractivity contribution in [2.45, 2.75) is 18.9 Å². The lowest BCUT2D eigenvalue weighted by Crippen LogP contribution is -2.47. The highest BCUT2D eigenvalue weighted by Crippen LogP contribution is 2.24. The van der Waals surface area contributed by atoms with Crippen LogP contribution in [0.15, 0.2) is 36.5 Å². The minimum absolute atomic E-state index is 0.0937. The molecule has 1 amide bonds. The summed E-state index contributed by atoms with van der Waals surface area (Å²) in [6, 6.07) is 8.38. The molecule has 6 nitrogen and oxygen atoms in total. The number of aromatic hydroxyl groups is 1. The molecule has 0 unspecified atom stereocenters. The number of carbonyl (C=O) groups excluding carboxylic acids is 1. The van der Waals surface area contributed by atoms with Crippen LogP contribution >= 0.6 is 0 Å². The molecule has 0 radical (unpaired) electrons. The summed E-state index contributed by atoms with van der Waals surface area (Å²) in [4.78, 5) is 16.9. The number of aromatic nitrogens is 2. The van der Waals surface area contributed by atoms with Crippen molar-refractivity contribution in [2.75, 3.05) is 25.0 Å². The van der Waals surface area contributed by atoms with Gasteiger partial charge in [0.2, 0.25) is 0 Å². The topological polar surface area (TPSA) is 72.5 Å². The Hall–Kier alpha value is -2.34.